The van der Waals surface area contributed by atoms with Gasteiger partial charge in [-0.3, -0.25) is 0 Å². The van der Waals surface area contributed by atoms with Crippen molar-refractivity contribution < 1.29 is 0 Å². The Bertz CT molecular complexity index is 409. The Hall–Kier alpha value is -1.01. The van der Waals surface area contributed by atoms with Gasteiger partial charge in [-0.1, -0.05) is 32.5 Å². The summed E-state index contributed by atoms with van der Waals surface area (Å²) in [6, 6.07) is 2.35. The average Bonchev–Trinajstić information content (AvgIpc) is 2.50. The van der Waals surface area contributed by atoms with Crippen molar-refractivity contribution in [3.63, 3.8) is 0 Å². The van der Waals surface area contributed by atoms with Gasteiger partial charge in [-0.05, 0) is 32.7 Å². The third-order valence-corrected chi connectivity index (χ3v) is 3.81. The third kappa shape index (κ3) is 6.52. The second kappa shape index (κ2) is 9.84. The fourth-order valence-corrected chi connectivity index (χ4v) is 2.48. The highest BCUT2D eigenvalue weighted by molar-refractivity contribution is 7.98. The molecule has 5 nitrogen and oxygen atoms in total. The Kier molecular flexibility index (Phi) is 8.45. The molecule has 0 saturated carbocycles. The predicted octanol–water partition coefficient (Wildman–Crippen LogP) is 3.16. The highest BCUT2D eigenvalue weighted by Gasteiger charge is 2.10. The van der Waals surface area contributed by atoms with E-state index in [-0.39, 0.29) is 0 Å². The molecule has 1 unspecified atom stereocenters. The molecule has 0 aliphatic carbocycles. The summed E-state index contributed by atoms with van der Waals surface area (Å²) in [6.45, 7) is 12.8. The van der Waals surface area contributed by atoms with Crippen molar-refractivity contribution in [2.75, 3.05) is 43.1 Å². The van der Waals surface area contributed by atoms with Crippen molar-refractivity contribution >= 4 is 23.4 Å². The first-order valence-corrected chi connectivity index (χ1v) is 9.01. The lowest BCUT2D eigenvalue weighted by Crippen LogP contribution is -2.35. The van der Waals surface area contributed by atoms with Crippen LogP contribution in [0.4, 0.5) is 11.6 Å². The zero-order valence-corrected chi connectivity index (χ0v) is 14.8. The van der Waals surface area contributed by atoms with E-state index in [0.717, 1.165) is 49.4 Å². The summed E-state index contributed by atoms with van der Waals surface area (Å²) in [5, 5.41) is 7.62. The maximum Gasteiger partial charge on any atom is 0.191 e. The molecule has 0 aromatic carbocycles. The lowest BCUT2D eigenvalue weighted by atomic mass is 10.3. The van der Waals surface area contributed by atoms with E-state index in [9.17, 15) is 0 Å². The minimum Gasteiger partial charge on any atom is -0.370 e. The molecule has 1 atom stereocenters. The molecule has 0 bridgehead atoms. The summed E-state index contributed by atoms with van der Waals surface area (Å²) in [7, 11) is 0. The van der Waals surface area contributed by atoms with Gasteiger partial charge in [0.2, 0.25) is 0 Å². The SMILES string of the molecule is CCCNc1cc(NC(C)CN(CC)CC)nc(SC)n1. The van der Waals surface area contributed by atoms with Crippen LogP contribution in [0, 0.1) is 0 Å². The molecule has 1 aromatic heterocycles. The van der Waals surface area contributed by atoms with Crippen molar-refractivity contribution in [3.8, 4) is 0 Å². The van der Waals surface area contributed by atoms with E-state index in [4.69, 9.17) is 0 Å². The maximum atomic E-state index is 4.54. The summed E-state index contributed by atoms with van der Waals surface area (Å²) in [4.78, 5) is 11.4. The summed E-state index contributed by atoms with van der Waals surface area (Å²) in [5.74, 6) is 1.79. The summed E-state index contributed by atoms with van der Waals surface area (Å²) >= 11 is 1.57. The molecule has 1 rings (SSSR count). The smallest absolute Gasteiger partial charge is 0.191 e. The fraction of sp³-hybridized carbons (Fsp3) is 0.733. The standard InChI is InChI=1S/C15H29N5S/c1-6-9-16-13-10-14(19-15(18-13)21-5)17-12(4)11-20(7-2)8-3/h10,12H,6-9,11H2,1-5H3,(H2,16,17,18,19). The summed E-state index contributed by atoms with van der Waals surface area (Å²) in [6.07, 6.45) is 3.09. The topological polar surface area (TPSA) is 53.1 Å². The number of aromatic nitrogens is 2. The predicted molar refractivity (Wildman–Crippen MR) is 93.5 cm³/mol. The Morgan fingerprint density at radius 3 is 2.43 bits per heavy atom. The van der Waals surface area contributed by atoms with E-state index in [0.29, 0.717) is 6.04 Å². The minimum atomic E-state index is 0.355. The van der Waals surface area contributed by atoms with Crippen LogP contribution in [-0.2, 0) is 0 Å². The quantitative estimate of drug-likeness (QED) is 0.511. The molecule has 21 heavy (non-hydrogen) atoms. The van der Waals surface area contributed by atoms with E-state index < -0.39 is 0 Å². The average molecular weight is 311 g/mol. The molecule has 1 aromatic rings. The number of hydrogen-bond donors (Lipinski definition) is 2. The minimum absolute atomic E-state index is 0.355. The Balaban J connectivity index is 2.71. The molecule has 0 radical (unpaired) electrons. The number of anilines is 2. The van der Waals surface area contributed by atoms with Gasteiger partial charge >= 0.3 is 0 Å². The van der Waals surface area contributed by atoms with Crippen LogP contribution in [0.5, 0.6) is 0 Å². The normalized spacial score (nSPS) is 12.5. The molecule has 1 heterocycles. The van der Waals surface area contributed by atoms with Crippen molar-refractivity contribution in [3.05, 3.63) is 6.07 Å². The fourth-order valence-electron chi connectivity index (χ4n) is 2.10. The molecule has 120 valence electrons. The van der Waals surface area contributed by atoms with E-state index in [1.54, 1.807) is 11.8 Å². The van der Waals surface area contributed by atoms with Crippen LogP contribution < -0.4 is 10.6 Å². The van der Waals surface area contributed by atoms with Gasteiger partial charge in [0.05, 0.1) is 0 Å². The van der Waals surface area contributed by atoms with Gasteiger partial charge in [-0.15, -0.1) is 0 Å². The molecule has 0 amide bonds. The molecule has 6 heteroatoms. The van der Waals surface area contributed by atoms with Gasteiger partial charge in [0.25, 0.3) is 0 Å². The molecule has 0 aliphatic heterocycles. The third-order valence-electron chi connectivity index (χ3n) is 3.27. The first-order chi connectivity index (χ1) is 10.1. The van der Waals surface area contributed by atoms with Gasteiger partial charge in [0.15, 0.2) is 5.16 Å². The monoisotopic (exact) mass is 311 g/mol. The van der Waals surface area contributed by atoms with E-state index in [1.165, 1.54) is 0 Å². The second-order valence-corrected chi connectivity index (χ2v) is 5.86. The van der Waals surface area contributed by atoms with Crippen LogP contribution in [0.3, 0.4) is 0 Å². The molecular weight excluding hydrogens is 282 g/mol. The van der Waals surface area contributed by atoms with Gasteiger partial charge < -0.3 is 15.5 Å². The number of likely N-dealkylation sites (N-methyl/N-ethyl adjacent to an activating group) is 1. The van der Waals surface area contributed by atoms with Crippen LogP contribution in [0.2, 0.25) is 0 Å². The van der Waals surface area contributed by atoms with Gasteiger partial charge in [0, 0.05) is 25.2 Å². The Labute approximate surface area is 133 Å². The van der Waals surface area contributed by atoms with E-state index in [1.807, 2.05) is 12.3 Å². The highest BCUT2D eigenvalue weighted by atomic mass is 32.2. The van der Waals surface area contributed by atoms with Crippen molar-refractivity contribution in [1.82, 2.24) is 14.9 Å². The maximum absolute atomic E-state index is 4.54. The lowest BCUT2D eigenvalue weighted by molar-refractivity contribution is 0.294. The number of rotatable bonds is 10. The van der Waals surface area contributed by atoms with Gasteiger partial charge in [-0.2, -0.15) is 0 Å². The number of hydrogen-bond acceptors (Lipinski definition) is 6. The van der Waals surface area contributed by atoms with Crippen LogP contribution in [0.15, 0.2) is 11.2 Å². The molecular formula is C15H29N5S. The molecule has 2 N–H and O–H groups in total. The second-order valence-electron chi connectivity index (χ2n) is 5.08. The zero-order valence-electron chi connectivity index (χ0n) is 13.9. The van der Waals surface area contributed by atoms with Crippen LogP contribution >= 0.6 is 11.8 Å². The van der Waals surface area contributed by atoms with Crippen LogP contribution in [0.25, 0.3) is 0 Å². The first kappa shape index (κ1) is 18.0. The van der Waals surface area contributed by atoms with Crippen molar-refractivity contribution in [1.29, 1.82) is 0 Å². The van der Waals surface area contributed by atoms with Gasteiger partial charge in [-0.25, -0.2) is 9.97 Å². The Morgan fingerprint density at radius 2 is 1.86 bits per heavy atom. The molecule has 0 aliphatic rings. The molecule has 0 fully saturated rings. The summed E-state index contributed by atoms with van der Waals surface area (Å²) in [5.41, 5.74) is 0. The Morgan fingerprint density at radius 1 is 1.19 bits per heavy atom. The number of thioether (sulfide) groups is 1. The largest absolute Gasteiger partial charge is 0.370 e. The van der Waals surface area contributed by atoms with Gasteiger partial charge in [0.1, 0.15) is 11.6 Å². The van der Waals surface area contributed by atoms with Crippen LogP contribution in [-0.4, -0.2) is 53.3 Å². The lowest BCUT2D eigenvalue weighted by Gasteiger charge is -2.24. The first-order valence-electron chi connectivity index (χ1n) is 7.78. The molecule has 0 saturated heterocycles. The van der Waals surface area contributed by atoms with Crippen LogP contribution in [0.1, 0.15) is 34.1 Å². The zero-order chi connectivity index (χ0) is 15.7. The van der Waals surface area contributed by atoms with Crippen molar-refractivity contribution in [2.45, 2.75) is 45.3 Å². The summed E-state index contributed by atoms with van der Waals surface area (Å²) < 4.78 is 0. The van der Waals surface area contributed by atoms with E-state index in [2.05, 4.69) is 53.2 Å². The number of nitrogens with zero attached hydrogens (tertiary/aromatic N) is 3. The molecule has 0 spiro atoms. The number of nitrogens with one attached hydrogen (secondary N) is 2. The van der Waals surface area contributed by atoms with E-state index >= 15 is 0 Å². The highest BCUT2D eigenvalue weighted by Crippen LogP contribution is 2.18. The van der Waals surface area contributed by atoms with Crippen molar-refractivity contribution in [2.24, 2.45) is 0 Å².